The van der Waals surface area contributed by atoms with E-state index in [2.05, 4.69) is 20.8 Å². The van der Waals surface area contributed by atoms with Crippen molar-refractivity contribution in [2.24, 2.45) is 5.92 Å². The first-order valence-corrected chi connectivity index (χ1v) is 8.99. The van der Waals surface area contributed by atoms with E-state index in [-0.39, 0.29) is 32.0 Å². The average molecular weight is 397 g/mol. The Morgan fingerprint density at radius 2 is 2.00 bits per heavy atom. The fourth-order valence-corrected chi connectivity index (χ4v) is 3.13. The molecule has 28 heavy (non-hydrogen) atoms. The largest absolute Gasteiger partial charge is 0.497 e. The molecule has 0 saturated heterocycles. The Hall–Kier alpha value is -2.78. The van der Waals surface area contributed by atoms with Gasteiger partial charge in [-0.25, -0.2) is 4.79 Å². The molecule has 2 amide bonds. The number of ether oxygens (including phenoxy) is 1. The molecular weight excluding hydrogens is 375 g/mol. The fourth-order valence-electron chi connectivity index (χ4n) is 3.13. The van der Waals surface area contributed by atoms with E-state index < -0.39 is 12.1 Å². The smallest absolute Gasteiger partial charge is 0.392 e. The van der Waals surface area contributed by atoms with Crippen molar-refractivity contribution in [1.82, 2.24) is 25.4 Å². The summed E-state index contributed by atoms with van der Waals surface area (Å²) in [7, 11) is 1.60. The van der Waals surface area contributed by atoms with Gasteiger partial charge < -0.3 is 19.9 Å². The van der Waals surface area contributed by atoms with Gasteiger partial charge in [-0.3, -0.25) is 0 Å². The molecule has 1 aliphatic heterocycles. The number of amides is 2. The predicted octanol–water partition coefficient (Wildman–Crippen LogP) is 2.45. The summed E-state index contributed by atoms with van der Waals surface area (Å²) in [6.07, 6.45) is -3.74. The van der Waals surface area contributed by atoms with Gasteiger partial charge in [0.1, 0.15) is 11.6 Å². The second-order valence-corrected chi connectivity index (χ2v) is 6.62. The second kappa shape index (κ2) is 8.49. The highest BCUT2D eigenvalue weighted by molar-refractivity contribution is 5.73. The van der Waals surface area contributed by atoms with Crippen LogP contribution in [0.2, 0.25) is 0 Å². The third-order valence-corrected chi connectivity index (χ3v) is 4.76. The normalized spacial score (nSPS) is 16.4. The van der Waals surface area contributed by atoms with Gasteiger partial charge >= 0.3 is 12.2 Å². The van der Waals surface area contributed by atoms with Crippen molar-refractivity contribution in [3.05, 3.63) is 41.5 Å². The van der Waals surface area contributed by atoms with Crippen molar-refractivity contribution in [3.63, 3.8) is 0 Å². The lowest BCUT2D eigenvalue weighted by Gasteiger charge is -2.25. The van der Waals surface area contributed by atoms with Gasteiger partial charge in [0.25, 0.3) is 0 Å². The number of halogens is 3. The lowest BCUT2D eigenvalue weighted by Crippen LogP contribution is -2.37. The maximum Gasteiger partial charge on any atom is 0.392 e. The molecule has 0 saturated carbocycles. The molecule has 2 aromatic rings. The molecule has 2 N–H and O–H groups in total. The van der Waals surface area contributed by atoms with Crippen molar-refractivity contribution in [2.75, 3.05) is 13.7 Å². The third-order valence-electron chi connectivity index (χ3n) is 4.76. The molecule has 2 heterocycles. The van der Waals surface area contributed by atoms with E-state index in [0.717, 1.165) is 11.3 Å². The zero-order valence-corrected chi connectivity index (χ0v) is 15.4. The van der Waals surface area contributed by atoms with Crippen LogP contribution >= 0.6 is 0 Å². The van der Waals surface area contributed by atoms with E-state index in [0.29, 0.717) is 24.6 Å². The molecular formula is C18H22F3N5O2. The molecule has 0 radical (unpaired) electrons. The van der Waals surface area contributed by atoms with Crippen LogP contribution in [0.1, 0.15) is 23.6 Å². The monoisotopic (exact) mass is 397 g/mol. The van der Waals surface area contributed by atoms with Crippen molar-refractivity contribution in [1.29, 1.82) is 0 Å². The van der Waals surface area contributed by atoms with E-state index in [1.54, 1.807) is 11.7 Å². The Morgan fingerprint density at radius 1 is 1.25 bits per heavy atom. The number of benzene rings is 1. The number of hydrogen-bond acceptors (Lipinski definition) is 4. The second-order valence-electron chi connectivity index (χ2n) is 6.62. The highest BCUT2D eigenvalue weighted by Gasteiger charge is 2.42. The van der Waals surface area contributed by atoms with E-state index in [9.17, 15) is 18.0 Å². The van der Waals surface area contributed by atoms with Gasteiger partial charge in [0, 0.05) is 19.5 Å². The number of rotatable bonds is 6. The molecule has 0 spiro atoms. The molecule has 1 aromatic heterocycles. The molecule has 0 bridgehead atoms. The number of carbonyl (C=O) groups excluding carboxylic acids is 1. The highest BCUT2D eigenvalue weighted by atomic mass is 19.4. The molecule has 0 fully saturated rings. The van der Waals surface area contributed by atoms with Crippen molar-refractivity contribution >= 4 is 6.03 Å². The Morgan fingerprint density at radius 3 is 2.68 bits per heavy atom. The maximum atomic E-state index is 12.8. The van der Waals surface area contributed by atoms with Crippen LogP contribution in [-0.4, -0.2) is 40.6 Å². The van der Waals surface area contributed by atoms with E-state index >= 15 is 0 Å². The van der Waals surface area contributed by atoms with Gasteiger partial charge in [0.15, 0.2) is 5.82 Å². The number of fused-ring (bicyclic) bond motifs is 1. The molecule has 10 heteroatoms. The van der Waals surface area contributed by atoms with Gasteiger partial charge in [-0.15, -0.1) is 10.2 Å². The fraction of sp³-hybridized carbons (Fsp3) is 0.500. The molecule has 1 aromatic carbocycles. The topological polar surface area (TPSA) is 81.1 Å². The molecule has 0 unspecified atom stereocenters. The number of urea groups is 1. The van der Waals surface area contributed by atoms with Gasteiger partial charge in [-0.1, -0.05) is 12.1 Å². The minimum atomic E-state index is -4.22. The van der Waals surface area contributed by atoms with Crippen molar-refractivity contribution < 1.29 is 22.7 Å². The summed E-state index contributed by atoms with van der Waals surface area (Å²) in [5.41, 5.74) is 1.06. The first-order chi connectivity index (χ1) is 13.4. The van der Waals surface area contributed by atoms with Crippen molar-refractivity contribution in [3.8, 4) is 5.75 Å². The van der Waals surface area contributed by atoms with Crippen LogP contribution in [0.3, 0.4) is 0 Å². The molecule has 3 rings (SSSR count). The molecule has 152 valence electrons. The quantitative estimate of drug-likeness (QED) is 0.785. The molecule has 7 nitrogen and oxygen atoms in total. The number of alkyl halides is 3. The van der Waals surface area contributed by atoms with Gasteiger partial charge in [0.2, 0.25) is 0 Å². The summed E-state index contributed by atoms with van der Waals surface area (Å²) in [6.45, 7) is 0.754. The third kappa shape index (κ3) is 4.93. The van der Waals surface area contributed by atoms with Crippen LogP contribution in [0.15, 0.2) is 24.3 Å². The van der Waals surface area contributed by atoms with Crippen LogP contribution in [0.4, 0.5) is 18.0 Å². The lowest BCUT2D eigenvalue weighted by atomic mass is 9.97. The zero-order valence-electron chi connectivity index (χ0n) is 15.4. The SMILES string of the molecule is COc1ccc(CCNC(=O)NCc2nnc3n2CC[C@@H](C(F)(F)F)C3)cc1. The molecule has 1 aliphatic rings. The van der Waals surface area contributed by atoms with Gasteiger partial charge in [-0.05, 0) is 30.5 Å². The minimum Gasteiger partial charge on any atom is -0.497 e. The standard InChI is InChI=1S/C18H22F3N5O2/c1-28-14-4-2-12(3-5-14)6-8-22-17(27)23-11-16-25-24-15-10-13(18(19,20)21)7-9-26(15)16/h2-5,13H,6-11H2,1H3,(H2,22,23,27)/t13-/m1/s1. The number of methoxy groups -OCH3 is 1. The number of aromatic nitrogens is 3. The minimum absolute atomic E-state index is 0.00437. The summed E-state index contributed by atoms with van der Waals surface area (Å²) in [6, 6.07) is 7.19. The Labute approximate surface area is 160 Å². The van der Waals surface area contributed by atoms with Crippen molar-refractivity contribution in [2.45, 2.75) is 38.5 Å². The molecule has 1 atom stereocenters. The zero-order chi connectivity index (χ0) is 20.1. The van der Waals surface area contributed by atoms with Crippen LogP contribution in [0.25, 0.3) is 0 Å². The average Bonchev–Trinajstić information content (AvgIpc) is 3.08. The van der Waals surface area contributed by atoms with E-state index in [4.69, 9.17) is 4.74 Å². The first kappa shape index (κ1) is 20.0. The van der Waals surface area contributed by atoms with Crippen LogP contribution in [-0.2, 0) is 25.9 Å². The number of nitrogens with zero attached hydrogens (tertiary/aromatic N) is 3. The number of carbonyl (C=O) groups is 1. The Bertz CT molecular complexity index is 805. The summed E-state index contributed by atoms with van der Waals surface area (Å²) in [5.74, 6) is 0.158. The van der Waals surface area contributed by atoms with Crippen LogP contribution in [0.5, 0.6) is 5.75 Å². The van der Waals surface area contributed by atoms with E-state index in [1.165, 1.54) is 0 Å². The molecule has 0 aliphatic carbocycles. The summed E-state index contributed by atoms with van der Waals surface area (Å²) < 4.78 is 45.3. The van der Waals surface area contributed by atoms with Gasteiger partial charge in [-0.2, -0.15) is 13.2 Å². The summed E-state index contributed by atoms with van der Waals surface area (Å²) in [5, 5.41) is 13.2. The highest BCUT2D eigenvalue weighted by Crippen LogP contribution is 2.34. The first-order valence-electron chi connectivity index (χ1n) is 8.99. The number of nitrogens with one attached hydrogen (secondary N) is 2. The lowest BCUT2D eigenvalue weighted by molar-refractivity contribution is -0.179. The number of hydrogen-bond donors (Lipinski definition) is 2. The maximum absolute atomic E-state index is 12.8. The Balaban J connectivity index is 1.43. The summed E-state index contributed by atoms with van der Waals surface area (Å²) >= 11 is 0. The Kier molecular flexibility index (Phi) is 6.05. The predicted molar refractivity (Wildman–Crippen MR) is 94.8 cm³/mol. The summed E-state index contributed by atoms with van der Waals surface area (Å²) in [4.78, 5) is 11.9. The van der Waals surface area contributed by atoms with E-state index in [1.807, 2.05) is 24.3 Å². The van der Waals surface area contributed by atoms with Gasteiger partial charge in [0.05, 0.1) is 19.6 Å². The van der Waals surface area contributed by atoms with Crippen LogP contribution < -0.4 is 15.4 Å². The van der Waals surface area contributed by atoms with Crippen LogP contribution in [0, 0.1) is 5.92 Å².